The normalized spacial score (nSPS) is 13.3. The molecule has 5 nitrogen and oxygen atoms in total. The molecule has 1 atom stereocenters. The molecule has 0 fully saturated rings. The number of amides is 1. The van der Waals surface area contributed by atoms with Crippen LogP contribution in [0, 0.1) is 18.7 Å². The van der Waals surface area contributed by atoms with Crippen molar-refractivity contribution in [3.8, 4) is 0 Å². The molecule has 0 aliphatic carbocycles. The molecule has 1 amide bonds. The number of nitrogens with two attached hydrogens (primary N) is 1. The molecule has 20 heavy (non-hydrogen) atoms. The van der Waals surface area contributed by atoms with Crippen LogP contribution in [0.1, 0.15) is 36.7 Å². The summed E-state index contributed by atoms with van der Waals surface area (Å²) >= 11 is 0. The van der Waals surface area contributed by atoms with Crippen LogP contribution in [-0.4, -0.2) is 20.4 Å². The van der Waals surface area contributed by atoms with Crippen LogP contribution in [0.4, 0.5) is 4.39 Å². The predicted octanol–water partition coefficient (Wildman–Crippen LogP) is 1.56. The van der Waals surface area contributed by atoms with E-state index in [0.717, 1.165) is 12.1 Å². The Kier molecular flexibility index (Phi) is 4.88. The number of hydrogen-bond donors (Lipinski definition) is 2. The maximum atomic E-state index is 14.0. The Bertz CT molecular complexity index is 627. The summed E-state index contributed by atoms with van der Waals surface area (Å²) in [6.07, 6.45) is 0. The van der Waals surface area contributed by atoms with Gasteiger partial charge >= 0.3 is 0 Å². The highest BCUT2D eigenvalue weighted by Gasteiger charge is 2.21. The van der Waals surface area contributed by atoms with Gasteiger partial charge in [-0.05, 0) is 37.5 Å². The molecule has 1 aromatic rings. The monoisotopic (exact) mass is 302 g/mol. The highest BCUT2D eigenvalue weighted by atomic mass is 32.2. The molecule has 1 unspecified atom stereocenters. The molecule has 0 aliphatic heterocycles. The Labute approximate surface area is 118 Å². The third-order valence-corrected chi connectivity index (χ3v) is 4.05. The number of carbonyl (C=O) groups excluding carboxylic acids is 1. The van der Waals surface area contributed by atoms with E-state index >= 15 is 0 Å². The van der Waals surface area contributed by atoms with Crippen molar-refractivity contribution in [2.45, 2.75) is 38.6 Å². The molecule has 0 bridgehead atoms. The first-order valence-corrected chi connectivity index (χ1v) is 7.72. The zero-order valence-electron chi connectivity index (χ0n) is 11.9. The fourth-order valence-corrected chi connectivity index (χ4v) is 2.14. The Hall–Kier alpha value is -1.47. The van der Waals surface area contributed by atoms with Gasteiger partial charge in [0.2, 0.25) is 10.0 Å². The van der Waals surface area contributed by atoms with Gasteiger partial charge in [0.1, 0.15) is 5.82 Å². The molecular weight excluding hydrogens is 283 g/mol. The minimum atomic E-state index is -3.99. The first-order chi connectivity index (χ1) is 9.04. The van der Waals surface area contributed by atoms with E-state index in [9.17, 15) is 17.6 Å². The van der Waals surface area contributed by atoms with Crippen LogP contribution in [0.2, 0.25) is 0 Å². The van der Waals surface area contributed by atoms with Crippen molar-refractivity contribution in [3.63, 3.8) is 0 Å². The Balaban J connectivity index is 3.24. The van der Waals surface area contributed by atoms with E-state index in [1.165, 1.54) is 6.92 Å². The third kappa shape index (κ3) is 3.77. The molecule has 0 saturated carbocycles. The average Bonchev–Trinajstić information content (AvgIpc) is 2.30. The van der Waals surface area contributed by atoms with Crippen LogP contribution in [0.15, 0.2) is 17.0 Å². The lowest BCUT2D eigenvalue weighted by Gasteiger charge is -2.18. The number of aryl methyl sites for hydroxylation is 1. The Morgan fingerprint density at radius 3 is 2.30 bits per heavy atom. The van der Waals surface area contributed by atoms with Crippen molar-refractivity contribution >= 4 is 15.9 Å². The molecule has 3 N–H and O–H groups in total. The second kappa shape index (κ2) is 5.88. The molecule has 112 valence electrons. The molecule has 1 rings (SSSR count). The minimum absolute atomic E-state index is 0.0545. The van der Waals surface area contributed by atoms with E-state index in [0.29, 0.717) is 0 Å². The van der Waals surface area contributed by atoms with Gasteiger partial charge in [0.25, 0.3) is 5.91 Å². The Morgan fingerprint density at radius 1 is 1.30 bits per heavy atom. The molecule has 0 aliphatic rings. The molecule has 0 radical (unpaired) electrons. The highest BCUT2D eigenvalue weighted by molar-refractivity contribution is 7.89. The van der Waals surface area contributed by atoms with E-state index < -0.39 is 21.7 Å². The number of primary sulfonamides is 1. The molecule has 0 heterocycles. The first kappa shape index (κ1) is 16.6. The van der Waals surface area contributed by atoms with Crippen LogP contribution in [0.25, 0.3) is 0 Å². The van der Waals surface area contributed by atoms with E-state index in [2.05, 4.69) is 5.32 Å². The van der Waals surface area contributed by atoms with Crippen molar-refractivity contribution in [1.29, 1.82) is 0 Å². The lowest BCUT2D eigenvalue weighted by atomic mass is 10.1. The number of nitrogens with one attached hydrogen (secondary N) is 1. The highest BCUT2D eigenvalue weighted by Crippen LogP contribution is 2.19. The molecular formula is C13H19FN2O3S. The van der Waals surface area contributed by atoms with Crippen LogP contribution >= 0.6 is 0 Å². The maximum Gasteiger partial charge on any atom is 0.254 e. The SMILES string of the molecule is Cc1cc(S(N)(=O)=O)cc(C(=O)NC(C)C(C)C)c1F. The largest absolute Gasteiger partial charge is 0.349 e. The summed E-state index contributed by atoms with van der Waals surface area (Å²) in [5.41, 5.74) is -0.264. The van der Waals surface area contributed by atoms with E-state index in [1.54, 1.807) is 6.92 Å². The van der Waals surface area contributed by atoms with Crippen molar-refractivity contribution < 1.29 is 17.6 Å². The lowest BCUT2D eigenvalue weighted by Crippen LogP contribution is -2.36. The van der Waals surface area contributed by atoms with Gasteiger partial charge in [-0.2, -0.15) is 0 Å². The number of hydrogen-bond acceptors (Lipinski definition) is 3. The van der Waals surface area contributed by atoms with Crippen molar-refractivity contribution in [3.05, 3.63) is 29.1 Å². The number of rotatable bonds is 4. The topological polar surface area (TPSA) is 89.3 Å². The molecule has 0 aromatic heterocycles. The number of sulfonamides is 1. The van der Waals surface area contributed by atoms with Gasteiger partial charge in [-0.3, -0.25) is 4.79 Å². The van der Waals surface area contributed by atoms with Crippen LogP contribution < -0.4 is 10.5 Å². The van der Waals surface area contributed by atoms with Gasteiger partial charge < -0.3 is 5.32 Å². The van der Waals surface area contributed by atoms with Gasteiger partial charge in [-0.1, -0.05) is 13.8 Å². The molecule has 0 spiro atoms. The summed E-state index contributed by atoms with van der Waals surface area (Å²) in [6, 6.07) is 1.90. The Morgan fingerprint density at radius 2 is 1.85 bits per heavy atom. The summed E-state index contributed by atoms with van der Waals surface area (Å²) in [4.78, 5) is 11.7. The quantitative estimate of drug-likeness (QED) is 0.884. The van der Waals surface area contributed by atoms with Crippen LogP contribution in [-0.2, 0) is 10.0 Å². The summed E-state index contributed by atoms with van der Waals surface area (Å²) in [5.74, 6) is -1.23. The smallest absolute Gasteiger partial charge is 0.254 e. The molecule has 1 aromatic carbocycles. The summed E-state index contributed by atoms with van der Waals surface area (Å²) in [5, 5.41) is 7.64. The van der Waals surface area contributed by atoms with Crippen LogP contribution in [0.3, 0.4) is 0 Å². The molecule has 0 saturated heterocycles. The van der Waals surface area contributed by atoms with Gasteiger partial charge in [-0.25, -0.2) is 17.9 Å². The maximum absolute atomic E-state index is 14.0. The standard InChI is InChI=1S/C13H19FN2O3S/c1-7(2)9(4)16-13(17)11-6-10(20(15,18)19)5-8(3)12(11)14/h5-7,9H,1-4H3,(H,16,17)(H2,15,18,19). The summed E-state index contributed by atoms with van der Waals surface area (Å²) in [7, 11) is -3.99. The number of halogens is 1. The van der Waals surface area contributed by atoms with Gasteiger partial charge in [0.15, 0.2) is 0 Å². The summed E-state index contributed by atoms with van der Waals surface area (Å²) < 4.78 is 36.6. The summed E-state index contributed by atoms with van der Waals surface area (Å²) in [6.45, 7) is 6.99. The number of carbonyl (C=O) groups is 1. The first-order valence-electron chi connectivity index (χ1n) is 6.18. The average molecular weight is 302 g/mol. The van der Waals surface area contributed by atoms with E-state index in [-0.39, 0.29) is 28.0 Å². The fraction of sp³-hybridized carbons (Fsp3) is 0.462. The van der Waals surface area contributed by atoms with Gasteiger partial charge in [0.05, 0.1) is 10.5 Å². The minimum Gasteiger partial charge on any atom is -0.349 e. The van der Waals surface area contributed by atoms with E-state index in [1.807, 2.05) is 13.8 Å². The second-order valence-corrected chi connectivity index (χ2v) is 6.71. The van der Waals surface area contributed by atoms with Gasteiger partial charge in [-0.15, -0.1) is 0 Å². The predicted molar refractivity (Wildman–Crippen MR) is 74.3 cm³/mol. The van der Waals surface area contributed by atoms with Crippen molar-refractivity contribution in [2.75, 3.05) is 0 Å². The zero-order chi connectivity index (χ0) is 15.7. The van der Waals surface area contributed by atoms with Crippen molar-refractivity contribution in [2.24, 2.45) is 11.1 Å². The van der Waals surface area contributed by atoms with E-state index in [4.69, 9.17) is 5.14 Å². The third-order valence-electron chi connectivity index (χ3n) is 3.16. The molecule has 7 heteroatoms. The lowest BCUT2D eigenvalue weighted by molar-refractivity contribution is 0.0926. The van der Waals surface area contributed by atoms with Crippen LogP contribution in [0.5, 0.6) is 0 Å². The van der Waals surface area contributed by atoms with Crippen molar-refractivity contribution in [1.82, 2.24) is 5.32 Å². The second-order valence-electron chi connectivity index (χ2n) is 5.15. The fourth-order valence-electron chi connectivity index (χ4n) is 1.52. The number of benzene rings is 1. The van der Waals surface area contributed by atoms with Gasteiger partial charge in [0, 0.05) is 6.04 Å². The zero-order valence-corrected chi connectivity index (χ0v) is 12.7.